The number of carbonyl (C=O) groups is 4. The van der Waals surface area contributed by atoms with E-state index in [0.29, 0.717) is 12.8 Å². The third-order valence-corrected chi connectivity index (χ3v) is 3.67. The summed E-state index contributed by atoms with van der Waals surface area (Å²) < 4.78 is 0. The van der Waals surface area contributed by atoms with Gasteiger partial charge in [-0.25, -0.2) is 0 Å². The Morgan fingerprint density at radius 1 is 0.929 bits per heavy atom. The van der Waals surface area contributed by atoms with Gasteiger partial charge in [0.05, 0.1) is 0 Å². The number of benzene rings is 1. The molecule has 0 saturated carbocycles. The Morgan fingerprint density at radius 3 is 1.93 bits per heavy atom. The van der Waals surface area contributed by atoms with Crippen molar-refractivity contribution in [1.29, 1.82) is 0 Å². The van der Waals surface area contributed by atoms with Gasteiger partial charge in [0.25, 0.3) is 0 Å². The monoisotopic (exact) mass is 398 g/mol. The fraction of sp³-hybridized carbons (Fsp3) is 0.444. The maximum absolute atomic E-state index is 11.0. The van der Waals surface area contributed by atoms with Crippen molar-refractivity contribution in [1.82, 2.24) is 5.32 Å². The molecule has 1 aromatic rings. The Balaban J connectivity index is 0.000000621. The second-order valence-electron chi connectivity index (χ2n) is 6.02. The SMILES string of the molecule is C[C@@H](N[C@@H](CCc1ccccc1)C(=O)O)C(=O)O.NC(CCC(=O)O)C(=O)O. The van der Waals surface area contributed by atoms with Crippen molar-refractivity contribution in [2.24, 2.45) is 5.73 Å². The highest BCUT2D eigenvalue weighted by Crippen LogP contribution is 2.06. The van der Waals surface area contributed by atoms with Gasteiger partial charge in [0.1, 0.15) is 18.1 Å². The molecule has 1 rings (SSSR count). The number of aliphatic carboxylic acids is 4. The molecule has 156 valence electrons. The van der Waals surface area contributed by atoms with E-state index in [9.17, 15) is 19.2 Å². The molecule has 7 N–H and O–H groups in total. The highest BCUT2D eigenvalue weighted by atomic mass is 16.4. The Morgan fingerprint density at radius 2 is 1.50 bits per heavy atom. The lowest BCUT2D eigenvalue weighted by molar-refractivity contribution is -0.143. The maximum atomic E-state index is 11.0. The minimum Gasteiger partial charge on any atom is -0.481 e. The first kappa shape index (κ1) is 25.0. The van der Waals surface area contributed by atoms with Crippen LogP contribution < -0.4 is 11.1 Å². The summed E-state index contributed by atoms with van der Waals surface area (Å²) >= 11 is 0. The van der Waals surface area contributed by atoms with Crippen LogP contribution in [0.5, 0.6) is 0 Å². The molecule has 0 fully saturated rings. The van der Waals surface area contributed by atoms with Gasteiger partial charge in [0.2, 0.25) is 0 Å². The number of hydrogen-bond donors (Lipinski definition) is 6. The maximum Gasteiger partial charge on any atom is 0.320 e. The molecule has 3 atom stereocenters. The molecule has 10 nitrogen and oxygen atoms in total. The lowest BCUT2D eigenvalue weighted by atomic mass is 10.0. The molecule has 0 amide bonds. The molecule has 0 heterocycles. The normalized spacial score (nSPS) is 13.4. The van der Waals surface area contributed by atoms with E-state index in [1.54, 1.807) is 0 Å². The van der Waals surface area contributed by atoms with Crippen molar-refractivity contribution in [3.63, 3.8) is 0 Å². The number of carboxylic acid groups (broad SMARTS) is 4. The van der Waals surface area contributed by atoms with Crippen LogP contribution in [-0.4, -0.2) is 62.4 Å². The van der Waals surface area contributed by atoms with Gasteiger partial charge in [-0.1, -0.05) is 30.3 Å². The van der Waals surface area contributed by atoms with Crippen molar-refractivity contribution < 1.29 is 39.6 Å². The summed E-state index contributed by atoms with van der Waals surface area (Å²) in [6.07, 6.45) is 0.728. The summed E-state index contributed by atoms with van der Waals surface area (Å²) in [7, 11) is 0. The zero-order chi connectivity index (χ0) is 21.7. The van der Waals surface area contributed by atoms with Crippen LogP contribution in [0.2, 0.25) is 0 Å². The van der Waals surface area contributed by atoms with Gasteiger partial charge in [0.15, 0.2) is 0 Å². The van der Waals surface area contributed by atoms with Crippen molar-refractivity contribution in [2.45, 2.75) is 50.7 Å². The zero-order valence-corrected chi connectivity index (χ0v) is 15.4. The van der Waals surface area contributed by atoms with E-state index in [4.69, 9.17) is 26.2 Å². The summed E-state index contributed by atoms with van der Waals surface area (Å²) in [5.74, 6) is -4.28. The average molecular weight is 398 g/mol. The highest BCUT2D eigenvalue weighted by molar-refractivity contribution is 5.77. The first-order valence-electron chi connectivity index (χ1n) is 8.50. The number of hydrogen-bond acceptors (Lipinski definition) is 6. The van der Waals surface area contributed by atoms with E-state index in [1.807, 2.05) is 30.3 Å². The highest BCUT2D eigenvalue weighted by Gasteiger charge is 2.22. The van der Waals surface area contributed by atoms with Gasteiger partial charge in [-0.15, -0.1) is 0 Å². The number of aryl methyl sites for hydroxylation is 1. The molecule has 0 saturated heterocycles. The van der Waals surface area contributed by atoms with E-state index >= 15 is 0 Å². The number of nitrogens with one attached hydrogen (secondary N) is 1. The molecule has 1 aromatic carbocycles. The van der Waals surface area contributed by atoms with E-state index in [0.717, 1.165) is 5.56 Å². The number of rotatable bonds is 11. The van der Waals surface area contributed by atoms with Crippen LogP contribution in [0.25, 0.3) is 0 Å². The molecular formula is C18H26N2O8. The summed E-state index contributed by atoms with van der Waals surface area (Å²) in [5, 5.41) is 36.6. The second kappa shape index (κ2) is 13.2. The second-order valence-corrected chi connectivity index (χ2v) is 6.02. The lowest BCUT2D eigenvalue weighted by Crippen LogP contribution is -2.45. The summed E-state index contributed by atoms with van der Waals surface area (Å²) in [6.45, 7) is 1.43. The van der Waals surface area contributed by atoms with Crippen molar-refractivity contribution in [2.75, 3.05) is 0 Å². The van der Waals surface area contributed by atoms with Crippen LogP contribution in [0.4, 0.5) is 0 Å². The van der Waals surface area contributed by atoms with Gasteiger partial charge in [-0.2, -0.15) is 0 Å². The number of carboxylic acids is 4. The summed E-state index contributed by atoms with van der Waals surface area (Å²) in [6, 6.07) is 6.72. The van der Waals surface area contributed by atoms with Crippen LogP contribution >= 0.6 is 0 Å². The third kappa shape index (κ3) is 11.6. The van der Waals surface area contributed by atoms with Gasteiger partial charge < -0.3 is 26.2 Å². The van der Waals surface area contributed by atoms with Crippen molar-refractivity contribution >= 4 is 23.9 Å². The first-order valence-corrected chi connectivity index (χ1v) is 8.50. The predicted molar refractivity (Wildman–Crippen MR) is 98.9 cm³/mol. The van der Waals surface area contributed by atoms with Gasteiger partial charge >= 0.3 is 23.9 Å². The fourth-order valence-electron chi connectivity index (χ4n) is 2.01. The topological polar surface area (TPSA) is 187 Å². The molecule has 0 bridgehead atoms. The predicted octanol–water partition coefficient (Wildman–Crippen LogP) is 0.398. The third-order valence-electron chi connectivity index (χ3n) is 3.67. The molecule has 0 aliphatic heterocycles. The van der Waals surface area contributed by atoms with Crippen molar-refractivity contribution in [3.05, 3.63) is 35.9 Å². The largest absolute Gasteiger partial charge is 0.481 e. The molecule has 0 aromatic heterocycles. The molecule has 10 heteroatoms. The van der Waals surface area contributed by atoms with Crippen LogP contribution in [0.3, 0.4) is 0 Å². The van der Waals surface area contributed by atoms with E-state index < -0.39 is 42.0 Å². The van der Waals surface area contributed by atoms with E-state index in [1.165, 1.54) is 6.92 Å². The van der Waals surface area contributed by atoms with Gasteiger partial charge in [-0.05, 0) is 31.7 Å². The molecule has 0 aliphatic carbocycles. The molecule has 28 heavy (non-hydrogen) atoms. The number of nitrogens with two attached hydrogens (primary N) is 1. The van der Waals surface area contributed by atoms with Crippen LogP contribution in [-0.2, 0) is 25.6 Å². The minimum atomic E-state index is -1.17. The van der Waals surface area contributed by atoms with Crippen molar-refractivity contribution in [3.8, 4) is 0 Å². The standard InChI is InChI=1S/C13H17NO4.C5H9NO4/c1-9(12(15)16)14-11(13(17)18)8-7-10-5-3-2-4-6-10;6-3(5(9)10)1-2-4(7)8/h2-6,9,11,14H,7-8H2,1H3,(H,15,16)(H,17,18);3H,1-2,6H2,(H,7,8)(H,9,10)/t9-,11+;/m1./s1. The first-order chi connectivity index (χ1) is 13.0. The van der Waals surface area contributed by atoms with Gasteiger partial charge in [-0.3, -0.25) is 24.5 Å². The minimum absolute atomic E-state index is 0.0231. The Labute approximate surface area is 162 Å². The van der Waals surface area contributed by atoms with Crippen LogP contribution in [0, 0.1) is 0 Å². The summed E-state index contributed by atoms with van der Waals surface area (Å²) in [4.78, 5) is 41.6. The van der Waals surface area contributed by atoms with Gasteiger partial charge in [0, 0.05) is 6.42 Å². The Hall–Kier alpha value is -2.98. The molecular weight excluding hydrogens is 372 g/mol. The summed E-state index contributed by atoms with van der Waals surface area (Å²) in [5.41, 5.74) is 6.04. The molecule has 1 unspecified atom stereocenters. The van der Waals surface area contributed by atoms with E-state index in [2.05, 4.69) is 5.32 Å². The smallest absolute Gasteiger partial charge is 0.320 e. The van der Waals surface area contributed by atoms with Crippen LogP contribution in [0.1, 0.15) is 31.7 Å². The quantitative estimate of drug-likeness (QED) is 0.304. The average Bonchev–Trinajstić information content (AvgIpc) is 2.63. The lowest BCUT2D eigenvalue weighted by Gasteiger charge is -2.17. The Bertz CT molecular complexity index is 650. The molecule has 0 radical (unpaired) electrons. The van der Waals surface area contributed by atoms with Crippen LogP contribution in [0.15, 0.2) is 30.3 Å². The molecule has 0 aliphatic rings. The fourth-order valence-corrected chi connectivity index (χ4v) is 2.01. The molecule has 0 spiro atoms. The zero-order valence-electron chi connectivity index (χ0n) is 15.4. The van der Waals surface area contributed by atoms with E-state index in [-0.39, 0.29) is 12.8 Å². The Kier molecular flexibility index (Phi) is 11.8.